The topological polar surface area (TPSA) is 58.6 Å². The molecular formula is C14H21ClN4O2. The number of amides is 1. The minimum absolute atomic E-state index is 0.239. The van der Waals surface area contributed by atoms with E-state index in [-0.39, 0.29) is 11.4 Å². The van der Waals surface area contributed by atoms with E-state index in [1.807, 2.05) is 20.8 Å². The van der Waals surface area contributed by atoms with E-state index in [0.717, 1.165) is 25.2 Å². The van der Waals surface area contributed by atoms with E-state index < -0.39 is 5.60 Å². The van der Waals surface area contributed by atoms with Crippen molar-refractivity contribution < 1.29 is 9.53 Å². The van der Waals surface area contributed by atoms with Crippen LogP contribution in [0.4, 0.5) is 4.79 Å². The van der Waals surface area contributed by atoms with Gasteiger partial charge in [-0.2, -0.15) is 0 Å². The van der Waals surface area contributed by atoms with Gasteiger partial charge in [-0.25, -0.2) is 14.8 Å². The summed E-state index contributed by atoms with van der Waals surface area (Å²) in [6.07, 6.45) is 3.22. The van der Waals surface area contributed by atoms with Crippen molar-refractivity contribution in [2.75, 3.05) is 26.2 Å². The molecule has 1 aliphatic heterocycles. The monoisotopic (exact) mass is 312 g/mol. The number of hydrogen-bond acceptors (Lipinski definition) is 5. The predicted molar refractivity (Wildman–Crippen MR) is 80.1 cm³/mol. The lowest BCUT2D eigenvalue weighted by molar-refractivity contribution is 0.0139. The summed E-state index contributed by atoms with van der Waals surface area (Å²) in [5, 5.41) is 0.258. The van der Waals surface area contributed by atoms with Crippen LogP contribution >= 0.6 is 11.6 Å². The van der Waals surface area contributed by atoms with E-state index in [1.165, 1.54) is 0 Å². The van der Waals surface area contributed by atoms with Crippen LogP contribution in [0.25, 0.3) is 0 Å². The summed E-state index contributed by atoms with van der Waals surface area (Å²) >= 11 is 5.67. The van der Waals surface area contributed by atoms with Gasteiger partial charge in [-0.05, 0) is 32.4 Å². The van der Waals surface area contributed by atoms with Crippen LogP contribution in [-0.2, 0) is 11.3 Å². The van der Waals surface area contributed by atoms with E-state index >= 15 is 0 Å². The Morgan fingerprint density at radius 1 is 1.24 bits per heavy atom. The molecule has 21 heavy (non-hydrogen) atoms. The van der Waals surface area contributed by atoms with E-state index in [0.29, 0.717) is 13.1 Å². The summed E-state index contributed by atoms with van der Waals surface area (Å²) in [5.41, 5.74) is 0.569. The fraction of sp³-hybridized carbons (Fsp3) is 0.643. The smallest absolute Gasteiger partial charge is 0.410 e. The molecule has 0 aromatic carbocycles. The Balaban J connectivity index is 1.80. The molecule has 0 spiro atoms. The Morgan fingerprint density at radius 3 is 2.33 bits per heavy atom. The Labute approximate surface area is 130 Å². The third-order valence-corrected chi connectivity index (χ3v) is 3.30. The van der Waals surface area contributed by atoms with Crippen molar-refractivity contribution in [2.24, 2.45) is 0 Å². The van der Waals surface area contributed by atoms with Crippen LogP contribution in [0.15, 0.2) is 12.4 Å². The lowest BCUT2D eigenvalue weighted by atomic mass is 10.2. The molecule has 7 heteroatoms. The largest absolute Gasteiger partial charge is 0.444 e. The standard InChI is InChI=1S/C14H21ClN4O2/c1-14(2,3)21-13(20)19-6-4-18(5-7-19)10-11-8-16-12(15)17-9-11/h8-9H,4-7,10H2,1-3H3. The first-order valence-electron chi connectivity index (χ1n) is 7.00. The van der Waals surface area contributed by atoms with Crippen molar-refractivity contribution in [2.45, 2.75) is 32.9 Å². The molecule has 0 aliphatic carbocycles. The molecule has 0 unspecified atom stereocenters. The van der Waals surface area contributed by atoms with Gasteiger partial charge in [-0.3, -0.25) is 4.90 Å². The molecule has 1 aromatic heterocycles. The number of rotatable bonds is 2. The zero-order valence-corrected chi connectivity index (χ0v) is 13.4. The molecule has 1 aliphatic rings. The highest BCUT2D eigenvalue weighted by Gasteiger charge is 2.25. The zero-order chi connectivity index (χ0) is 15.5. The fourth-order valence-electron chi connectivity index (χ4n) is 2.09. The number of hydrogen-bond donors (Lipinski definition) is 0. The molecule has 1 amide bonds. The van der Waals surface area contributed by atoms with E-state index in [9.17, 15) is 4.79 Å². The molecule has 0 radical (unpaired) electrons. The van der Waals surface area contributed by atoms with Crippen molar-refractivity contribution in [3.63, 3.8) is 0 Å². The van der Waals surface area contributed by atoms with Gasteiger partial charge in [0.05, 0.1) is 0 Å². The molecule has 116 valence electrons. The summed E-state index contributed by atoms with van der Waals surface area (Å²) in [7, 11) is 0. The van der Waals surface area contributed by atoms with Gasteiger partial charge in [-0.1, -0.05) is 0 Å². The van der Waals surface area contributed by atoms with Crippen LogP contribution in [0.5, 0.6) is 0 Å². The summed E-state index contributed by atoms with van der Waals surface area (Å²) in [5.74, 6) is 0. The average molecular weight is 313 g/mol. The van der Waals surface area contributed by atoms with Crippen molar-refractivity contribution in [3.05, 3.63) is 23.2 Å². The summed E-state index contributed by atoms with van der Waals surface area (Å²) in [4.78, 5) is 23.9. The van der Waals surface area contributed by atoms with Gasteiger partial charge in [0.1, 0.15) is 5.60 Å². The van der Waals surface area contributed by atoms with Gasteiger partial charge in [0.2, 0.25) is 5.28 Å². The summed E-state index contributed by atoms with van der Waals surface area (Å²) < 4.78 is 5.38. The molecule has 6 nitrogen and oxygen atoms in total. The summed E-state index contributed by atoms with van der Waals surface area (Å²) in [6.45, 7) is 9.35. The Bertz CT molecular complexity index is 479. The van der Waals surface area contributed by atoms with Crippen LogP contribution in [0.1, 0.15) is 26.3 Å². The molecule has 1 saturated heterocycles. The van der Waals surface area contributed by atoms with Crippen LogP contribution in [-0.4, -0.2) is 57.6 Å². The summed E-state index contributed by atoms with van der Waals surface area (Å²) in [6, 6.07) is 0. The van der Waals surface area contributed by atoms with Crippen molar-refractivity contribution in [3.8, 4) is 0 Å². The molecule has 1 fully saturated rings. The second-order valence-electron chi connectivity index (χ2n) is 6.10. The maximum atomic E-state index is 12.0. The molecule has 1 aromatic rings. The lowest BCUT2D eigenvalue weighted by Crippen LogP contribution is -2.49. The van der Waals surface area contributed by atoms with Gasteiger partial charge in [0.15, 0.2) is 0 Å². The first-order valence-corrected chi connectivity index (χ1v) is 7.38. The molecule has 2 heterocycles. The van der Waals surface area contributed by atoms with Crippen LogP contribution in [0, 0.1) is 0 Å². The highest BCUT2D eigenvalue weighted by atomic mass is 35.5. The minimum atomic E-state index is -0.450. The third kappa shape index (κ3) is 5.13. The Kier molecular flexibility index (Phi) is 5.00. The number of aromatic nitrogens is 2. The Hall–Kier alpha value is -1.40. The maximum Gasteiger partial charge on any atom is 0.410 e. The fourth-order valence-corrected chi connectivity index (χ4v) is 2.19. The SMILES string of the molecule is CC(C)(C)OC(=O)N1CCN(Cc2cnc(Cl)nc2)CC1. The number of halogens is 1. The number of nitrogens with zero attached hydrogens (tertiary/aromatic N) is 4. The van der Waals surface area contributed by atoms with Crippen LogP contribution in [0.2, 0.25) is 5.28 Å². The van der Waals surface area contributed by atoms with E-state index in [4.69, 9.17) is 16.3 Å². The van der Waals surface area contributed by atoms with Crippen molar-refractivity contribution >= 4 is 17.7 Å². The second kappa shape index (κ2) is 6.58. The van der Waals surface area contributed by atoms with Gasteiger partial charge in [0.25, 0.3) is 0 Å². The highest BCUT2D eigenvalue weighted by Crippen LogP contribution is 2.13. The van der Waals surface area contributed by atoms with Gasteiger partial charge >= 0.3 is 6.09 Å². The van der Waals surface area contributed by atoms with Crippen LogP contribution < -0.4 is 0 Å². The zero-order valence-electron chi connectivity index (χ0n) is 12.7. The molecule has 2 rings (SSSR count). The second-order valence-corrected chi connectivity index (χ2v) is 6.44. The van der Waals surface area contributed by atoms with Gasteiger partial charge in [-0.15, -0.1) is 0 Å². The number of carbonyl (C=O) groups excluding carboxylic acids is 1. The van der Waals surface area contributed by atoms with E-state index in [2.05, 4.69) is 14.9 Å². The highest BCUT2D eigenvalue weighted by molar-refractivity contribution is 6.28. The van der Waals surface area contributed by atoms with Gasteiger partial charge < -0.3 is 9.64 Å². The quantitative estimate of drug-likeness (QED) is 0.783. The number of piperazine rings is 1. The Morgan fingerprint density at radius 2 is 1.81 bits per heavy atom. The first-order chi connectivity index (χ1) is 9.83. The molecular weight excluding hydrogens is 292 g/mol. The third-order valence-electron chi connectivity index (χ3n) is 3.10. The van der Waals surface area contributed by atoms with Crippen molar-refractivity contribution in [1.29, 1.82) is 0 Å². The average Bonchev–Trinajstić information content (AvgIpc) is 2.40. The van der Waals surface area contributed by atoms with Crippen molar-refractivity contribution in [1.82, 2.24) is 19.8 Å². The first kappa shape index (κ1) is 16.0. The minimum Gasteiger partial charge on any atom is -0.444 e. The molecule has 0 atom stereocenters. The molecule has 0 saturated carbocycles. The van der Waals surface area contributed by atoms with Crippen LogP contribution in [0.3, 0.4) is 0 Å². The number of carbonyl (C=O) groups is 1. The normalized spacial score (nSPS) is 16.9. The van der Waals surface area contributed by atoms with Gasteiger partial charge in [0, 0.05) is 50.7 Å². The predicted octanol–water partition coefficient (Wildman–Crippen LogP) is 2.18. The van der Waals surface area contributed by atoms with E-state index in [1.54, 1.807) is 17.3 Å². The molecule has 0 N–H and O–H groups in total. The maximum absolute atomic E-state index is 12.0. The lowest BCUT2D eigenvalue weighted by Gasteiger charge is -2.35. The molecule has 0 bridgehead atoms. The number of ether oxygens (including phenoxy) is 1.